The molecule has 0 bridgehead atoms. The van der Waals surface area contributed by atoms with E-state index in [1.807, 2.05) is 32.2 Å². The average Bonchev–Trinajstić information content (AvgIpc) is 2.93. The number of hydrogen-bond acceptors (Lipinski definition) is 7. The van der Waals surface area contributed by atoms with Gasteiger partial charge in [0.25, 0.3) is 0 Å². The molecule has 1 N–H and O–H groups in total. The van der Waals surface area contributed by atoms with Crippen molar-refractivity contribution in [1.29, 1.82) is 0 Å². The zero-order valence-electron chi connectivity index (χ0n) is 19.6. The third-order valence-electron chi connectivity index (χ3n) is 6.21. The Kier molecular flexibility index (Phi) is 6.87. The zero-order chi connectivity index (χ0) is 24.5. The van der Waals surface area contributed by atoms with Gasteiger partial charge in [0.1, 0.15) is 10.7 Å². The van der Waals surface area contributed by atoms with Crippen LogP contribution in [-0.4, -0.2) is 87.3 Å². The van der Waals surface area contributed by atoms with E-state index in [4.69, 9.17) is 0 Å². The molecule has 11 heteroatoms. The van der Waals surface area contributed by atoms with Crippen molar-refractivity contribution < 1.29 is 18.0 Å². The van der Waals surface area contributed by atoms with Crippen LogP contribution in [0.25, 0.3) is 0 Å². The standard InChI is InChI=1S/C23H30N6O4S/c1-17-14-22(30)25-19-6-4-5-7-20(19)29(17)23(31)16-27(3)21-9-8-18(15-24-21)34(32,33)28-12-10-26(2)11-13-28/h4-9,15,17H,10-14,16H2,1-3H3,(H,25,30)/t17-/m1/s1. The van der Waals surface area contributed by atoms with Crippen LogP contribution in [0.3, 0.4) is 0 Å². The number of nitrogens with one attached hydrogen (secondary N) is 1. The van der Waals surface area contributed by atoms with E-state index in [2.05, 4.69) is 15.2 Å². The smallest absolute Gasteiger partial charge is 0.246 e. The minimum Gasteiger partial charge on any atom is -0.350 e. The van der Waals surface area contributed by atoms with E-state index in [1.165, 1.54) is 16.6 Å². The maximum absolute atomic E-state index is 13.3. The number of amides is 2. The van der Waals surface area contributed by atoms with Crippen LogP contribution in [-0.2, 0) is 19.6 Å². The van der Waals surface area contributed by atoms with E-state index in [-0.39, 0.29) is 35.7 Å². The lowest BCUT2D eigenvalue weighted by Gasteiger charge is -2.31. The van der Waals surface area contributed by atoms with Gasteiger partial charge in [-0.3, -0.25) is 9.59 Å². The highest BCUT2D eigenvalue weighted by molar-refractivity contribution is 7.89. The van der Waals surface area contributed by atoms with Crippen molar-refractivity contribution in [2.45, 2.75) is 24.3 Å². The third-order valence-corrected chi connectivity index (χ3v) is 8.09. The second-order valence-electron chi connectivity index (χ2n) is 8.80. The molecule has 4 rings (SSSR count). The number of carbonyl (C=O) groups excluding carboxylic acids is 2. The quantitative estimate of drug-likeness (QED) is 0.677. The van der Waals surface area contributed by atoms with Crippen molar-refractivity contribution in [3.8, 4) is 0 Å². The summed E-state index contributed by atoms with van der Waals surface area (Å²) in [6, 6.07) is 10.1. The maximum atomic E-state index is 13.3. The Hall–Kier alpha value is -3.02. The number of rotatable bonds is 5. The first kappa shape index (κ1) is 24.1. The van der Waals surface area contributed by atoms with Gasteiger partial charge in [0.15, 0.2) is 0 Å². The Balaban J connectivity index is 1.48. The summed E-state index contributed by atoms with van der Waals surface area (Å²) in [7, 11) is 0.0914. The van der Waals surface area contributed by atoms with E-state index in [0.717, 1.165) is 0 Å². The average molecular weight is 487 g/mol. The summed E-state index contributed by atoms with van der Waals surface area (Å²) in [6.45, 7) is 4.13. The predicted molar refractivity (Wildman–Crippen MR) is 130 cm³/mol. The first-order valence-electron chi connectivity index (χ1n) is 11.2. The molecule has 2 amide bonds. The summed E-state index contributed by atoms with van der Waals surface area (Å²) in [5, 5.41) is 2.85. The second kappa shape index (κ2) is 9.69. The monoisotopic (exact) mass is 486 g/mol. The molecule has 0 spiro atoms. The number of aromatic nitrogens is 1. The number of fused-ring (bicyclic) bond motifs is 1. The number of benzene rings is 1. The Bertz CT molecular complexity index is 1160. The molecular weight excluding hydrogens is 456 g/mol. The predicted octanol–water partition coefficient (Wildman–Crippen LogP) is 1.22. The number of carbonyl (C=O) groups is 2. The number of para-hydroxylation sites is 2. The molecule has 2 aliphatic rings. The van der Waals surface area contributed by atoms with Crippen LogP contribution in [0, 0.1) is 0 Å². The van der Waals surface area contributed by atoms with Gasteiger partial charge in [0.05, 0.1) is 17.9 Å². The van der Waals surface area contributed by atoms with Crippen LogP contribution in [0.4, 0.5) is 17.2 Å². The van der Waals surface area contributed by atoms with E-state index in [0.29, 0.717) is 43.4 Å². The largest absolute Gasteiger partial charge is 0.350 e. The lowest BCUT2D eigenvalue weighted by atomic mass is 10.1. The molecule has 1 atom stereocenters. The van der Waals surface area contributed by atoms with Crippen molar-refractivity contribution in [3.05, 3.63) is 42.6 Å². The number of anilines is 3. The number of likely N-dealkylation sites (N-methyl/N-ethyl adjacent to an activating group) is 2. The lowest BCUT2D eigenvalue weighted by molar-refractivity contribution is -0.118. The normalized spacial score (nSPS) is 19.8. The van der Waals surface area contributed by atoms with Crippen LogP contribution in [0.2, 0.25) is 0 Å². The Morgan fingerprint density at radius 1 is 1.15 bits per heavy atom. The van der Waals surface area contributed by atoms with Gasteiger partial charge in [-0.2, -0.15) is 4.31 Å². The summed E-state index contributed by atoms with van der Waals surface area (Å²) in [6.07, 6.45) is 1.54. The van der Waals surface area contributed by atoms with Crippen molar-refractivity contribution in [1.82, 2.24) is 14.2 Å². The van der Waals surface area contributed by atoms with E-state index in [9.17, 15) is 18.0 Å². The Morgan fingerprint density at radius 2 is 1.85 bits per heavy atom. The van der Waals surface area contributed by atoms with E-state index >= 15 is 0 Å². The SMILES string of the molecule is C[C@@H]1CC(=O)Nc2ccccc2N1C(=O)CN(C)c1ccc(S(=O)(=O)N2CCN(C)CC2)cn1. The number of pyridine rings is 1. The van der Waals surface area contributed by atoms with Crippen LogP contribution < -0.4 is 15.1 Å². The molecule has 3 heterocycles. The van der Waals surface area contributed by atoms with Gasteiger partial charge in [-0.1, -0.05) is 12.1 Å². The van der Waals surface area contributed by atoms with Crippen molar-refractivity contribution in [2.75, 3.05) is 61.9 Å². The molecule has 0 radical (unpaired) electrons. The highest BCUT2D eigenvalue weighted by Crippen LogP contribution is 2.31. The highest BCUT2D eigenvalue weighted by Gasteiger charge is 2.31. The van der Waals surface area contributed by atoms with Crippen molar-refractivity contribution in [2.24, 2.45) is 0 Å². The summed E-state index contributed by atoms with van der Waals surface area (Å²) < 4.78 is 27.3. The molecule has 1 saturated heterocycles. The van der Waals surface area contributed by atoms with Crippen LogP contribution in [0.5, 0.6) is 0 Å². The van der Waals surface area contributed by atoms with Gasteiger partial charge in [0.2, 0.25) is 21.8 Å². The zero-order valence-corrected chi connectivity index (χ0v) is 20.5. The topological polar surface area (TPSA) is 106 Å². The van der Waals surface area contributed by atoms with Gasteiger partial charge in [0, 0.05) is 51.9 Å². The van der Waals surface area contributed by atoms with E-state index in [1.54, 1.807) is 29.0 Å². The fourth-order valence-corrected chi connectivity index (χ4v) is 5.62. The fraction of sp³-hybridized carbons (Fsp3) is 0.435. The van der Waals surface area contributed by atoms with E-state index < -0.39 is 10.0 Å². The van der Waals surface area contributed by atoms with Gasteiger partial charge < -0.3 is 20.0 Å². The van der Waals surface area contributed by atoms with Gasteiger partial charge in [-0.15, -0.1) is 0 Å². The minimum atomic E-state index is -3.61. The van der Waals surface area contributed by atoms with Crippen molar-refractivity contribution >= 4 is 39.0 Å². The number of sulfonamides is 1. The minimum absolute atomic E-state index is 0.0183. The molecule has 0 unspecified atom stereocenters. The Labute approximate surface area is 200 Å². The van der Waals surface area contributed by atoms with Gasteiger partial charge in [-0.05, 0) is 38.2 Å². The van der Waals surface area contributed by atoms with Crippen LogP contribution in [0.15, 0.2) is 47.5 Å². The second-order valence-corrected chi connectivity index (χ2v) is 10.7. The molecule has 2 aromatic rings. The molecule has 1 fully saturated rings. The van der Waals surface area contributed by atoms with Crippen molar-refractivity contribution in [3.63, 3.8) is 0 Å². The summed E-state index contributed by atoms with van der Waals surface area (Å²) in [4.78, 5) is 35.3. The fourth-order valence-electron chi connectivity index (χ4n) is 4.26. The molecule has 34 heavy (non-hydrogen) atoms. The molecule has 0 aliphatic carbocycles. The Morgan fingerprint density at radius 3 is 2.53 bits per heavy atom. The highest BCUT2D eigenvalue weighted by atomic mass is 32.2. The number of piperazine rings is 1. The first-order valence-corrected chi connectivity index (χ1v) is 12.7. The van der Waals surface area contributed by atoms with Crippen LogP contribution >= 0.6 is 0 Å². The molecule has 182 valence electrons. The number of hydrogen-bond donors (Lipinski definition) is 1. The molecule has 2 aliphatic heterocycles. The van der Waals surface area contributed by atoms with Gasteiger partial charge >= 0.3 is 0 Å². The maximum Gasteiger partial charge on any atom is 0.246 e. The molecule has 1 aromatic heterocycles. The molecule has 1 aromatic carbocycles. The summed E-state index contributed by atoms with van der Waals surface area (Å²) >= 11 is 0. The third kappa shape index (κ3) is 4.91. The lowest BCUT2D eigenvalue weighted by Crippen LogP contribution is -2.47. The molecular formula is C23H30N6O4S. The van der Waals surface area contributed by atoms with Gasteiger partial charge in [-0.25, -0.2) is 13.4 Å². The molecule has 10 nitrogen and oxygen atoms in total. The molecule has 0 saturated carbocycles. The van der Waals surface area contributed by atoms with Crippen LogP contribution in [0.1, 0.15) is 13.3 Å². The summed E-state index contributed by atoms with van der Waals surface area (Å²) in [5.41, 5.74) is 1.25. The first-order chi connectivity index (χ1) is 16.2. The summed E-state index contributed by atoms with van der Waals surface area (Å²) in [5.74, 6) is 0.160. The number of nitrogens with zero attached hydrogens (tertiary/aromatic N) is 5.